The highest BCUT2D eigenvalue weighted by molar-refractivity contribution is 6.04. The van der Waals surface area contributed by atoms with Crippen molar-refractivity contribution in [3.05, 3.63) is 66.3 Å². The average molecular weight is 461 g/mol. The van der Waals surface area contributed by atoms with Gasteiger partial charge in [-0.1, -0.05) is 18.2 Å². The van der Waals surface area contributed by atoms with Crippen molar-refractivity contribution in [2.24, 2.45) is 7.05 Å². The Labute approximate surface area is 198 Å². The third-order valence-corrected chi connectivity index (χ3v) is 5.16. The van der Waals surface area contributed by atoms with Crippen LogP contribution in [0.15, 0.2) is 54.9 Å². The van der Waals surface area contributed by atoms with Crippen LogP contribution < -0.4 is 5.32 Å². The van der Waals surface area contributed by atoms with Gasteiger partial charge < -0.3 is 15.0 Å². The van der Waals surface area contributed by atoms with Crippen LogP contribution in [0.3, 0.4) is 0 Å². The zero-order valence-electron chi connectivity index (χ0n) is 19.8. The molecular formula is C25H28N6O3. The molecule has 4 heterocycles. The number of carbonyl (C=O) groups is 2. The molecule has 0 atom stereocenters. The van der Waals surface area contributed by atoms with Crippen molar-refractivity contribution >= 4 is 23.3 Å². The van der Waals surface area contributed by atoms with Crippen LogP contribution in [-0.4, -0.2) is 55.3 Å². The Morgan fingerprint density at radius 2 is 1.88 bits per heavy atom. The maximum absolute atomic E-state index is 13.0. The molecule has 9 heteroatoms. The highest BCUT2D eigenvalue weighted by Crippen LogP contribution is 2.26. The van der Waals surface area contributed by atoms with Gasteiger partial charge in [-0.25, -0.2) is 9.78 Å². The Bertz CT molecular complexity index is 1230. The average Bonchev–Trinajstić information content (AvgIpc) is 3.18. The van der Waals surface area contributed by atoms with Crippen molar-refractivity contribution < 1.29 is 14.3 Å². The predicted octanol–water partition coefficient (Wildman–Crippen LogP) is 4.15. The van der Waals surface area contributed by atoms with Crippen LogP contribution in [0.25, 0.3) is 17.0 Å². The molecule has 34 heavy (non-hydrogen) atoms. The number of aryl methyl sites for hydroxylation is 1. The first-order valence-electron chi connectivity index (χ1n) is 11.1. The second-order valence-corrected chi connectivity index (χ2v) is 9.05. The standard InChI is InChI=1S/C25H28N6O3/c1-25(2,3)34-24(33)31-14-11-17(12-15-31)18-9-7-10-20(27-18)23(32)28-21-16-30(4)29-22(21)19-8-5-6-13-26-19/h5-11,13,16H,12,14-15H2,1-4H3,(H,28,32). The molecule has 176 valence electrons. The van der Waals surface area contributed by atoms with Crippen LogP contribution >= 0.6 is 0 Å². The molecule has 3 aromatic heterocycles. The van der Waals surface area contributed by atoms with E-state index in [0.29, 0.717) is 48.0 Å². The maximum Gasteiger partial charge on any atom is 0.410 e. The van der Waals surface area contributed by atoms with Crippen LogP contribution in [0.2, 0.25) is 0 Å². The number of carbonyl (C=O) groups excluding carboxylic acids is 2. The molecule has 4 rings (SSSR count). The van der Waals surface area contributed by atoms with Gasteiger partial charge in [0.05, 0.1) is 17.1 Å². The van der Waals surface area contributed by atoms with E-state index < -0.39 is 5.60 Å². The van der Waals surface area contributed by atoms with Gasteiger partial charge >= 0.3 is 6.09 Å². The van der Waals surface area contributed by atoms with Crippen molar-refractivity contribution in [1.29, 1.82) is 0 Å². The van der Waals surface area contributed by atoms with Gasteiger partial charge in [0, 0.05) is 32.5 Å². The molecule has 9 nitrogen and oxygen atoms in total. The lowest BCUT2D eigenvalue weighted by atomic mass is 10.0. The van der Waals surface area contributed by atoms with Gasteiger partial charge in [0.1, 0.15) is 17.0 Å². The molecule has 0 spiro atoms. The second kappa shape index (κ2) is 9.46. The first kappa shape index (κ1) is 23.2. The van der Waals surface area contributed by atoms with Crippen LogP contribution in [0, 0.1) is 0 Å². The fourth-order valence-corrected chi connectivity index (χ4v) is 3.59. The first-order valence-corrected chi connectivity index (χ1v) is 11.1. The number of rotatable bonds is 4. The number of aromatic nitrogens is 4. The number of nitrogens with zero attached hydrogens (tertiary/aromatic N) is 5. The van der Waals surface area contributed by atoms with Gasteiger partial charge in [0.15, 0.2) is 0 Å². The summed E-state index contributed by atoms with van der Waals surface area (Å²) in [5.41, 5.74) is 3.28. The van der Waals surface area contributed by atoms with E-state index in [2.05, 4.69) is 20.4 Å². The van der Waals surface area contributed by atoms with E-state index in [9.17, 15) is 9.59 Å². The molecule has 1 aliphatic heterocycles. The van der Waals surface area contributed by atoms with E-state index in [-0.39, 0.29) is 12.0 Å². The minimum atomic E-state index is -0.533. The van der Waals surface area contributed by atoms with Crippen molar-refractivity contribution in [1.82, 2.24) is 24.6 Å². The van der Waals surface area contributed by atoms with Gasteiger partial charge in [-0.2, -0.15) is 5.10 Å². The summed E-state index contributed by atoms with van der Waals surface area (Å²) in [4.78, 5) is 35.9. The molecular weight excluding hydrogens is 432 g/mol. The number of ether oxygens (including phenoxy) is 1. The zero-order chi connectivity index (χ0) is 24.3. The summed E-state index contributed by atoms with van der Waals surface area (Å²) >= 11 is 0. The van der Waals surface area contributed by atoms with E-state index in [1.807, 2.05) is 51.1 Å². The van der Waals surface area contributed by atoms with Crippen molar-refractivity contribution in [2.45, 2.75) is 32.8 Å². The van der Waals surface area contributed by atoms with E-state index in [0.717, 1.165) is 5.57 Å². The molecule has 0 radical (unpaired) electrons. The van der Waals surface area contributed by atoms with Crippen molar-refractivity contribution in [3.8, 4) is 11.4 Å². The fraction of sp³-hybridized carbons (Fsp3) is 0.320. The van der Waals surface area contributed by atoms with E-state index >= 15 is 0 Å². The minimum Gasteiger partial charge on any atom is -0.444 e. The highest BCUT2D eigenvalue weighted by Gasteiger charge is 2.24. The van der Waals surface area contributed by atoms with Crippen LogP contribution in [0.5, 0.6) is 0 Å². The summed E-state index contributed by atoms with van der Waals surface area (Å²) in [5.74, 6) is -0.334. The molecule has 1 aliphatic rings. The Morgan fingerprint density at radius 1 is 1.09 bits per heavy atom. The lowest BCUT2D eigenvalue weighted by Gasteiger charge is -2.29. The van der Waals surface area contributed by atoms with Crippen molar-refractivity contribution in [2.75, 3.05) is 18.4 Å². The maximum atomic E-state index is 13.0. The summed E-state index contributed by atoms with van der Waals surface area (Å²) in [6.07, 6.45) is 5.68. The van der Waals surface area contributed by atoms with Crippen LogP contribution in [0.1, 0.15) is 43.4 Å². The second-order valence-electron chi connectivity index (χ2n) is 9.05. The normalized spacial score (nSPS) is 13.9. The molecule has 0 unspecified atom stereocenters. The smallest absolute Gasteiger partial charge is 0.410 e. The van der Waals surface area contributed by atoms with Gasteiger partial charge in [-0.15, -0.1) is 0 Å². The van der Waals surface area contributed by atoms with Crippen molar-refractivity contribution in [3.63, 3.8) is 0 Å². The lowest BCUT2D eigenvalue weighted by molar-refractivity contribution is 0.0270. The third-order valence-electron chi connectivity index (χ3n) is 5.16. The third kappa shape index (κ3) is 5.48. The number of nitrogens with one attached hydrogen (secondary N) is 1. The summed E-state index contributed by atoms with van der Waals surface area (Å²) in [5, 5.41) is 7.34. The van der Waals surface area contributed by atoms with Crippen LogP contribution in [0.4, 0.5) is 10.5 Å². The van der Waals surface area contributed by atoms with Gasteiger partial charge in [-0.05, 0) is 57.0 Å². The molecule has 0 saturated carbocycles. The van der Waals surface area contributed by atoms with E-state index in [4.69, 9.17) is 4.74 Å². The Kier molecular flexibility index (Phi) is 6.45. The fourth-order valence-electron chi connectivity index (χ4n) is 3.59. The lowest BCUT2D eigenvalue weighted by Crippen LogP contribution is -2.39. The largest absolute Gasteiger partial charge is 0.444 e. The van der Waals surface area contributed by atoms with E-state index in [1.165, 1.54) is 0 Å². The number of pyridine rings is 2. The SMILES string of the molecule is Cn1cc(NC(=O)c2cccc(C3=CCN(C(=O)OC(C)(C)C)CC3)n2)c(-c2ccccn2)n1. The van der Waals surface area contributed by atoms with Gasteiger partial charge in [-0.3, -0.25) is 14.5 Å². The molecule has 2 amide bonds. The number of amides is 2. The van der Waals surface area contributed by atoms with Crippen LogP contribution in [-0.2, 0) is 11.8 Å². The quantitative estimate of drug-likeness (QED) is 0.627. The Hall–Kier alpha value is -4.01. The Balaban J connectivity index is 1.48. The summed E-state index contributed by atoms with van der Waals surface area (Å²) < 4.78 is 7.08. The van der Waals surface area contributed by atoms with Gasteiger partial charge in [0.2, 0.25) is 0 Å². The molecule has 0 fully saturated rings. The molecule has 3 aromatic rings. The molecule has 0 aliphatic carbocycles. The van der Waals surface area contributed by atoms with E-state index in [1.54, 1.807) is 41.2 Å². The predicted molar refractivity (Wildman–Crippen MR) is 129 cm³/mol. The molecule has 0 bridgehead atoms. The topological polar surface area (TPSA) is 102 Å². The zero-order valence-corrected chi connectivity index (χ0v) is 19.8. The number of hydrogen-bond acceptors (Lipinski definition) is 6. The molecule has 0 aromatic carbocycles. The summed E-state index contributed by atoms with van der Waals surface area (Å²) in [7, 11) is 1.79. The highest BCUT2D eigenvalue weighted by atomic mass is 16.6. The number of hydrogen-bond donors (Lipinski definition) is 1. The Morgan fingerprint density at radius 3 is 2.56 bits per heavy atom. The monoisotopic (exact) mass is 460 g/mol. The minimum absolute atomic E-state index is 0.295. The molecule has 1 N–H and O–H groups in total. The summed E-state index contributed by atoms with van der Waals surface area (Å²) in [6, 6.07) is 10.9. The number of anilines is 1. The summed E-state index contributed by atoms with van der Waals surface area (Å²) in [6.45, 7) is 6.51. The first-order chi connectivity index (χ1) is 16.2. The van der Waals surface area contributed by atoms with Gasteiger partial charge in [0.25, 0.3) is 5.91 Å². The molecule has 0 saturated heterocycles.